The minimum absolute atomic E-state index is 0.0232. The number of benzene rings is 1. The van der Waals surface area contributed by atoms with E-state index in [9.17, 15) is 18.0 Å². The van der Waals surface area contributed by atoms with Crippen LogP contribution in [0.25, 0.3) is 0 Å². The zero-order valence-corrected chi connectivity index (χ0v) is 13.2. The molecule has 1 aromatic carbocycles. The molecule has 0 aliphatic carbocycles. The Morgan fingerprint density at radius 2 is 2.04 bits per heavy atom. The summed E-state index contributed by atoms with van der Waals surface area (Å²) in [6.45, 7) is 1.66. The summed E-state index contributed by atoms with van der Waals surface area (Å²) in [4.78, 5) is 24.8. The lowest BCUT2D eigenvalue weighted by molar-refractivity contribution is -0.131. The van der Waals surface area contributed by atoms with E-state index in [0.717, 1.165) is 11.0 Å². The molecule has 2 unspecified atom stereocenters. The number of piperidine rings is 1. The van der Waals surface area contributed by atoms with Crippen LogP contribution in [0.15, 0.2) is 23.1 Å². The molecule has 10 heteroatoms. The van der Waals surface area contributed by atoms with E-state index in [2.05, 4.69) is 5.32 Å². The maximum absolute atomic E-state index is 12.3. The molecule has 1 aliphatic rings. The van der Waals surface area contributed by atoms with E-state index >= 15 is 0 Å². The molecule has 9 nitrogen and oxygen atoms in total. The molecule has 0 radical (unpaired) electrons. The van der Waals surface area contributed by atoms with Gasteiger partial charge in [0.1, 0.15) is 0 Å². The Labute approximate surface area is 133 Å². The number of carbonyl (C=O) groups is 2. The number of nitrogens with zero attached hydrogens (tertiary/aromatic N) is 1. The molecule has 1 fully saturated rings. The fraction of sp³-hybridized carbons (Fsp3) is 0.385. The number of nitrogens with two attached hydrogens (primary N) is 2. The van der Waals surface area contributed by atoms with Crippen LogP contribution in [0.3, 0.4) is 0 Å². The zero-order valence-electron chi connectivity index (χ0n) is 12.4. The second kappa shape index (κ2) is 6.24. The summed E-state index contributed by atoms with van der Waals surface area (Å²) in [5, 5.41) is 2.44. The monoisotopic (exact) mass is 342 g/mol. The van der Waals surface area contributed by atoms with E-state index < -0.39 is 34.1 Å². The van der Waals surface area contributed by atoms with Gasteiger partial charge in [0.05, 0.1) is 10.9 Å². The Hall–Kier alpha value is -2.01. The van der Waals surface area contributed by atoms with Crippen LogP contribution in [0.1, 0.15) is 12.0 Å². The quantitative estimate of drug-likeness (QED) is 0.536. The molecule has 0 aromatic heterocycles. The summed E-state index contributed by atoms with van der Waals surface area (Å²) >= 11 is 0. The van der Waals surface area contributed by atoms with Crippen molar-refractivity contribution in [3.8, 4) is 0 Å². The summed E-state index contributed by atoms with van der Waals surface area (Å²) in [5.41, 5.74) is 12.1. The lowest BCUT2D eigenvalue weighted by atomic mass is 10.0. The normalized spacial score (nSPS) is 22.1. The molecule has 1 heterocycles. The van der Waals surface area contributed by atoms with Crippen LogP contribution in [0.2, 0.25) is 0 Å². The van der Waals surface area contributed by atoms with E-state index in [1.165, 1.54) is 12.1 Å². The van der Waals surface area contributed by atoms with Crippen LogP contribution in [0.5, 0.6) is 0 Å². The lowest BCUT2D eigenvalue weighted by Crippen LogP contribution is -2.58. The highest BCUT2D eigenvalue weighted by atomic mass is 32.2. The number of amides is 3. The lowest BCUT2D eigenvalue weighted by Gasteiger charge is -2.32. The second-order valence-electron chi connectivity index (χ2n) is 5.43. The number of rotatable bonds is 2. The van der Waals surface area contributed by atoms with Crippen molar-refractivity contribution in [3.63, 3.8) is 0 Å². The van der Waals surface area contributed by atoms with Gasteiger partial charge in [0.25, 0.3) is 10.1 Å². The van der Waals surface area contributed by atoms with Gasteiger partial charge in [-0.3, -0.25) is 14.2 Å². The molecule has 2 atom stereocenters. The first-order valence-electron chi connectivity index (χ1n) is 6.81. The maximum Gasteiger partial charge on any atom is 0.328 e. The van der Waals surface area contributed by atoms with Crippen molar-refractivity contribution in [2.24, 2.45) is 11.5 Å². The molecule has 0 saturated carbocycles. The smallest absolute Gasteiger partial charge is 0.326 e. The highest BCUT2D eigenvalue weighted by Crippen LogP contribution is 2.21. The Kier molecular flexibility index (Phi) is 4.71. The molecule has 1 aromatic rings. The van der Waals surface area contributed by atoms with Crippen molar-refractivity contribution < 1.29 is 22.6 Å². The van der Waals surface area contributed by atoms with Crippen LogP contribution < -0.4 is 16.8 Å². The van der Waals surface area contributed by atoms with Crippen molar-refractivity contribution in [1.82, 2.24) is 4.90 Å². The molecule has 0 spiro atoms. The number of carbonyl (C=O) groups excluding carboxylic acids is 2. The molecule has 3 amide bonds. The van der Waals surface area contributed by atoms with Gasteiger partial charge in [-0.1, -0.05) is 6.07 Å². The number of hydrogen-bond acceptors (Lipinski definition) is 6. The SMILES string of the molecule is Cc1ccc(S(=O)(=O)O)cc1NC(=O)N1CC(N)CC(N)C1=O. The summed E-state index contributed by atoms with van der Waals surface area (Å²) in [7, 11) is -4.40. The van der Waals surface area contributed by atoms with Crippen molar-refractivity contribution in [2.45, 2.75) is 30.3 Å². The van der Waals surface area contributed by atoms with Crippen molar-refractivity contribution in [2.75, 3.05) is 11.9 Å². The molecule has 1 aliphatic heterocycles. The number of hydrogen-bond donors (Lipinski definition) is 4. The van der Waals surface area contributed by atoms with Crippen LogP contribution in [-0.2, 0) is 14.9 Å². The first-order valence-corrected chi connectivity index (χ1v) is 8.25. The van der Waals surface area contributed by atoms with Gasteiger partial charge in [-0.05, 0) is 31.0 Å². The predicted molar refractivity (Wildman–Crippen MR) is 82.3 cm³/mol. The van der Waals surface area contributed by atoms with E-state index in [-0.39, 0.29) is 17.1 Å². The van der Waals surface area contributed by atoms with Gasteiger partial charge < -0.3 is 16.8 Å². The van der Waals surface area contributed by atoms with Crippen LogP contribution in [0.4, 0.5) is 10.5 Å². The molecular weight excluding hydrogens is 324 g/mol. The molecule has 23 heavy (non-hydrogen) atoms. The zero-order chi connectivity index (χ0) is 17.4. The minimum Gasteiger partial charge on any atom is -0.326 e. The van der Waals surface area contributed by atoms with Gasteiger partial charge in [-0.25, -0.2) is 4.79 Å². The van der Waals surface area contributed by atoms with Crippen LogP contribution >= 0.6 is 0 Å². The molecule has 0 bridgehead atoms. The largest absolute Gasteiger partial charge is 0.328 e. The third kappa shape index (κ3) is 3.85. The number of aryl methyl sites for hydroxylation is 1. The average Bonchev–Trinajstić information content (AvgIpc) is 2.43. The predicted octanol–water partition coefficient (Wildman–Crippen LogP) is -0.339. The number of imide groups is 1. The fourth-order valence-electron chi connectivity index (χ4n) is 2.29. The van der Waals surface area contributed by atoms with Crippen LogP contribution in [0, 0.1) is 6.92 Å². The fourth-order valence-corrected chi connectivity index (χ4v) is 2.79. The summed E-state index contributed by atoms with van der Waals surface area (Å²) in [5.74, 6) is -0.548. The first-order chi connectivity index (χ1) is 10.6. The Morgan fingerprint density at radius 3 is 2.65 bits per heavy atom. The van der Waals surface area contributed by atoms with E-state index in [4.69, 9.17) is 16.0 Å². The molecular formula is C13H18N4O5S. The van der Waals surface area contributed by atoms with E-state index in [1.54, 1.807) is 6.92 Å². The number of urea groups is 1. The van der Waals surface area contributed by atoms with Gasteiger partial charge >= 0.3 is 6.03 Å². The van der Waals surface area contributed by atoms with Gasteiger partial charge in [0.2, 0.25) is 5.91 Å². The molecule has 6 N–H and O–H groups in total. The third-order valence-electron chi connectivity index (χ3n) is 3.55. The molecule has 1 saturated heterocycles. The minimum atomic E-state index is -4.40. The van der Waals surface area contributed by atoms with Gasteiger partial charge in [-0.2, -0.15) is 8.42 Å². The van der Waals surface area contributed by atoms with E-state index in [1.807, 2.05) is 0 Å². The Balaban J connectivity index is 2.25. The first kappa shape index (κ1) is 17.3. The summed E-state index contributed by atoms with van der Waals surface area (Å²) < 4.78 is 31.4. The highest BCUT2D eigenvalue weighted by molar-refractivity contribution is 7.85. The number of anilines is 1. The van der Waals surface area contributed by atoms with Crippen molar-refractivity contribution in [3.05, 3.63) is 23.8 Å². The second-order valence-corrected chi connectivity index (χ2v) is 6.85. The van der Waals surface area contributed by atoms with Gasteiger partial charge in [0.15, 0.2) is 0 Å². The van der Waals surface area contributed by atoms with Crippen molar-refractivity contribution >= 4 is 27.7 Å². The van der Waals surface area contributed by atoms with Gasteiger partial charge in [-0.15, -0.1) is 0 Å². The van der Waals surface area contributed by atoms with Gasteiger partial charge in [0, 0.05) is 18.3 Å². The standard InChI is InChI=1S/C13H18N4O5S/c1-7-2-3-9(23(20,21)22)5-11(7)16-13(19)17-6-8(14)4-10(15)12(17)18/h2-3,5,8,10H,4,6,14-15H2,1H3,(H,16,19)(H,20,21,22). The summed E-state index contributed by atoms with van der Waals surface area (Å²) in [6.07, 6.45) is 0.292. The van der Waals surface area contributed by atoms with E-state index in [0.29, 0.717) is 12.0 Å². The highest BCUT2D eigenvalue weighted by Gasteiger charge is 2.34. The average molecular weight is 342 g/mol. The third-order valence-corrected chi connectivity index (χ3v) is 4.40. The Bertz CT molecular complexity index is 749. The molecule has 126 valence electrons. The topological polar surface area (TPSA) is 156 Å². The summed E-state index contributed by atoms with van der Waals surface area (Å²) in [6, 6.07) is 1.72. The number of nitrogens with one attached hydrogen (secondary N) is 1. The number of likely N-dealkylation sites (tertiary alicyclic amines) is 1. The van der Waals surface area contributed by atoms with Crippen LogP contribution in [-0.4, -0.2) is 48.4 Å². The Morgan fingerprint density at radius 1 is 1.39 bits per heavy atom. The molecule has 2 rings (SSSR count). The maximum atomic E-state index is 12.3. The van der Waals surface area contributed by atoms with Crippen molar-refractivity contribution in [1.29, 1.82) is 0 Å².